The highest BCUT2D eigenvalue weighted by Gasteiger charge is 2.73. The second-order valence-corrected chi connectivity index (χ2v) is 9.43. The molecule has 0 aromatic rings. The Balaban J connectivity index is 2.24. The first-order valence-electron chi connectivity index (χ1n) is 10.5. The van der Waals surface area contributed by atoms with Crippen molar-refractivity contribution >= 4 is 23.7 Å². The minimum atomic E-state index is -1.99. The average Bonchev–Trinajstić information content (AvgIpc) is 2.88. The summed E-state index contributed by atoms with van der Waals surface area (Å²) in [6.45, 7) is 9.67. The molecule has 2 saturated carbocycles. The lowest BCUT2D eigenvalue weighted by molar-refractivity contribution is -0.197. The average molecular weight is 438 g/mol. The van der Waals surface area contributed by atoms with E-state index in [9.17, 15) is 34.5 Å². The van der Waals surface area contributed by atoms with E-state index in [0.29, 0.717) is 0 Å². The van der Waals surface area contributed by atoms with Gasteiger partial charge in [0.25, 0.3) is 0 Å². The van der Waals surface area contributed by atoms with Gasteiger partial charge in [-0.15, -0.1) is 0 Å². The number of aliphatic hydroxyl groups excluding tert-OH is 1. The smallest absolute Gasteiger partial charge is 0.334 e. The Hall–Kier alpha value is -2.26. The van der Waals surface area contributed by atoms with Gasteiger partial charge in [-0.25, -0.2) is 4.79 Å². The van der Waals surface area contributed by atoms with Crippen molar-refractivity contribution < 1.29 is 44.0 Å². The number of aliphatic hydroxyl groups is 2. The van der Waals surface area contributed by atoms with Crippen molar-refractivity contribution in [2.75, 3.05) is 0 Å². The predicted octanol–water partition coefficient (Wildman–Crippen LogP) is 0.854. The quantitative estimate of drug-likeness (QED) is 0.420. The number of carboxylic acids is 1. The zero-order chi connectivity index (χ0) is 23.5. The Bertz CT molecular complexity index is 835. The van der Waals surface area contributed by atoms with E-state index in [2.05, 4.69) is 6.58 Å². The maximum Gasteiger partial charge on any atom is 0.334 e. The molecule has 9 heteroatoms. The third kappa shape index (κ3) is 3.29. The predicted molar refractivity (Wildman–Crippen MR) is 105 cm³/mol. The van der Waals surface area contributed by atoms with E-state index in [1.165, 1.54) is 13.8 Å². The van der Waals surface area contributed by atoms with Crippen molar-refractivity contribution in [3.8, 4) is 0 Å². The Morgan fingerprint density at radius 1 is 1.35 bits per heavy atom. The second kappa shape index (κ2) is 7.70. The van der Waals surface area contributed by atoms with Crippen LogP contribution in [0.1, 0.15) is 47.0 Å². The first-order chi connectivity index (χ1) is 14.3. The molecule has 0 radical (unpaired) electrons. The summed E-state index contributed by atoms with van der Waals surface area (Å²) in [4.78, 5) is 49.2. The molecule has 3 aliphatic rings. The zero-order valence-electron chi connectivity index (χ0n) is 18.2. The number of hydrogen-bond donors (Lipinski definition) is 3. The molecule has 3 N–H and O–H groups in total. The SMILES string of the molecule is C=C1C(=O)O[C@@H]2[C@@H](C)[C@@H]3[C@H](O)CC(=O)[C@@]3(C)[C@](O)(CCC(C)C(=O)O)[C@H]1[C@@H]2OC(C)=O. The molecule has 3 fully saturated rings. The van der Waals surface area contributed by atoms with Gasteiger partial charge in [0.2, 0.25) is 0 Å². The molecule has 2 bridgehead atoms. The molecule has 1 unspecified atom stereocenters. The number of rotatable bonds is 5. The van der Waals surface area contributed by atoms with Gasteiger partial charge < -0.3 is 24.8 Å². The van der Waals surface area contributed by atoms with Gasteiger partial charge in [0.05, 0.1) is 29.0 Å². The van der Waals surface area contributed by atoms with Crippen molar-refractivity contribution in [1.82, 2.24) is 0 Å². The molecular formula is C22H30O9. The summed E-state index contributed by atoms with van der Waals surface area (Å²) in [5, 5.41) is 32.3. The van der Waals surface area contributed by atoms with Crippen molar-refractivity contribution in [3.63, 3.8) is 0 Å². The topological polar surface area (TPSA) is 147 Å². The fourth-order valence-corrected chi connectivity index (χ4v) is 6.08. The first kappa shape index (κ1) is 23.4. The standard InChI is InChI=1S/C22H30O9/c1-9(19(26)27)6-7-22(29)16-11(3)20(28)31-17(18(16)30-12(4)23)10(2)15-13(24)8-14(25)21(15,22)5/h9-10,13,15-18,24,29H,3,6-8H2,1-2,4-5H3,(H,26,27)/t9?,10-,13+,15+,16+,17+,18-,21+,22-/m0/s1. The summed E-state index contributed by atoms with van der Waals surface area (Å²) in [7, 11) is 0. The summed E-state index contributed by atoms with van der Waals surface area (Å²) in [5.74, 6) is -6.34. The Labute approximate surface area is 180 Å². The van der Waals surface area contributed by atoms with E-state index in [4.69, 9.17) is 9.47 Å². The van der Waals surface area contributed by atoms with Gasteiger partial charge >= 0.3 is 17.9 Å². The van der Waals surface area contributed by atoms with Crippen LogP contribution in [-0.4, -0.2) is 62.9 Å². The van der Waals surface area contributed by atoms with E-state index < -0.39 is 76.7 Å². The van der Waals surface area contributed by atoms with E-state index in [-0.39, 0.29) is 24.8 Å². The summed E-state index contributed by atoms with van der Waals surface area (Å²) >= 11 is 0. The van der Waals surface area contributed by atoms with E-state index in [1.54, 1.807) is 13.8 Å². The van der Waals surface area contributed by atoms with Crippen LogP contribution in [0.25, 0.3) is 0 Å². The first-order valence-corrected chi connectivity index (χ1v) is 10.5. The molecule has 9 nitrogen and oxygen atoms in total. The minimum absolute atomic E-state index is 0.00217. The number of Topliss-reactive ketones (excluding diaryl/α,β-unsaturated/α-hetero) is 1. The van der Waals surface area contributed by atoms with E-state index in [1.807, 2.05) is 0 Å². The van der Waals surface area contributed by atoms with E-state index >= 15 is 0 Å². The fraction of sp³-hybridized carbons (Fsp3) is 0.727. The summed E-state index contributed by atoms with van der Waals surface area (Å²) in [6, 6.07) is 0. The molecule has 3 rings (SSSR count). The monoisotopic (exact) mass is 438 g/mol. The number of hydrogen-bond acceptors (Lipinski definition) is 8. The molecular weight excluding hydrogens is 408 g/mol. The van der Waals surface area contributed by atoms with Crippen LogP contribution in [0.15, 0.2) is 12.2 Å². The number of aliphatic carboxylic acids is 1. The van der Waals surface area contributed by atoms with E-state index in [0.717, 1.165) is 0 Å². The van der Waals surface area contributed by atoms with Gasteiger partial charge in [0.1, 0.15) is 18.0 Å². The maximum absolute atomic E-state index is 13.2. The summed E-state index contributed by atoms with van der Waals surface area (Å²) in [6.07, 6.45) is -3.56. The van der Waals surface area contributed by atoms with Gasteiger partial charge in [-0.3, -0.25) is 14.4 Å². The van der Waals surface area contributed by atoms with Crippen LogP contribution in [0.3, 0.4) is 0 Å². The highest BCUT2D eigenvalue weighted by molar-refractivity contribution is 5.93. The normalized spacial score (nSPS) is 43.0. The molecule has 0 aromatic carbocycles. The number of ether oxygens (including phenoxy) is 2. The van der Waals surface area contributed by atoms with Crippen molar-refractivity contribution in [1.29, 1.82) is 0 Å². The summed E-state index contributed by atoms with van der Waals surface area (Å²) < 4.78 is 11.0. The van der Waals surface area contributed by atoms with Crippen LogP contribution in [-0.2, 0) is 28.7 Å². The second-order valence-electron chi connectivity index (χ2n) is 9.43. The molecule has 1 saturated heterocycles. The maximum atomic E-state index is 13.2. The Kier molecular flexibility index (Phi) is 5.82. The molecule has 1 aliphatic heterocycles. The third-order valence-corrected chi connectivity index (χ3v) is 7.77. The van der Waals surface area contributed by atoms with Crippen LogP contribution in [0.5, 0.6) is 0 Å². The molecule has 172 valence electrons. The van der Waals surface area contributed by atoms with Gasteiger partial charge in [0.15, 0.2) is 0 Å². The lowest BCUT2D eigenvalue weighted by atomic mass is 9.57. The highest BCUT2D eigenvalue weighted by atomic mass is 16.6. The Morgan fingerprint density at radius 2 is 1.97 bits per heavy atom. The number of ketones is 1. The minimum Gasteiger partial charge on any atom is -0.481 e. The van der Waals surface area contributed by atoms with Crippen molar-refractivity contribution in [2.45, 2.75) is 70.9 Å². The Morgan fingerprint density at radius 3 is 2.52 bits per heavy atom. The van der Waals surface area contributed by atoms with Crippen LogP contribution in [0.2, 0.25) is 0 Å². The van der Waals surface area contributed by atoms with Gasteiger partial charge in [-0.2, -0.15) is 0 Å². The third-order valence-electron chi connectivity index (χ3n) is 7.77. The molecule has 0 aromatic heterocycles. The largest absolute Gasteiger partial charge is 0.481 e. The number of carbonyl (C=O) groups excluding carboxylic acids is 3. The van der Waals surface area contributed by atoms with Gasteiger partial charge in [-0.05, 0) is 19.8 Å². The zero-order valence-corrected chi connectivity index (χ0v) is 18.2. The van der Waals surface area contributed by atoms with Crippen molar-refractivity contribution in [3.05, 3.63) is 12.2 Å². The number of esters is 2. The van der Waals surface area contributed by atoms with Crippen LogP contribution < -0.4 is 0 Å². The van der Waals surface area contributed by atoms with Crippen LogP contribution in [0.4, 0.5) is 0 Å². The lowest BCUT2D eigenvalue weighted by Crippen LogP contribution is -2.62. The number of carboxylic acid groups (broad SMARTS) is 1. The molecule has 2 aliphatic carbocycles. The number of carbonyl (C=O) groups is 4. The fourth-order valence-electron chi connectivity index (χ4n) is 6.08. The molecule has 0 amide bonds. The molecule has 1 heterocycles. The van der Waals surface area contributed by atoms with Crippen LogP contribution in [0, 0.1) is 29.1 Å². The molecule has 0 spiro atoms. The molecule has 31 heavy (non-hydrogen) atoms. The van der Waals surface area contributed by atoms with Gasteiger partial charge in [-0.1, -0.05) is 20.4 Å². The highest BCUT2D eigenvalue weighted by Crippen LogP contribution is 2.62. The lowest BCUT2D eigenvalue weighted by Gasteiger charge is -2.50. The van der Waals surface area contributed by atoms with Crippen LogP contribution >= 0.6 is 0 Å². The van der Waals surface area contributed by atoms with Crippen molar-refractivity contribution in [2.24, 2.45) is 29.1 Å². The van der Waals surface area contributed by atoms with Gasteiger partial charge in [0, 0.05) is 30.8 Å². The number of fused-ring (bicyclic) bond motifs is 3. The summed E-state index contributed by atoms with van der Waals surface area (Å²) in [5.41, 5.74) is -3.66. The molecule has 9 atom stereocenters.